The van der Waals surface area contributed by atoms with Gasteiger partial charge in [-0.3, -0.25) is 0 Å². The van der Waals surface area contributed by atoms with E-state index in [-0.39, 0.29) is 0 Å². The van der Waals surface area contributed by atoms with Gasteiger partial charge in [-0.25, -0.2) is 0 Å². The molecule has 7 aromatic rings. The lowest BCUT2D eigenvalue weighted by Gasteiger charge is -2.19. The molecule has 0 N–H and O–H groups in total. The van der Waals surface area contributed by atoms with Gasteiger partial charge in [0, 0.05) is 0 Å². The molecule has 0 radical (unpaired) electrons. The van der Waals surface area contributed by atoms with Gasteiger partial charge in [-0.2, -0.15) is 0 Å². The van der Waals surface area contributed by atoms with E-state index >= 15 is 0 Å². The van der Waals surface area contributed by atoms with Gasteiger partial charge in [-0.05, 0) is 82.5 Å². The summed E-state index contributed by atoms with van der Waals surface area (Å²) in [5, 5.41) is 9.39. The predicted octanol–water partition coefficient (Wildman–Crippen LogP) is 9.72. The summed E-state index contributed by atoms with van der Waals surface area (Å²) in [6.07, 6.45) is 0. The Balaban J connectivity index is 0.000000152. The molecule has 0 nitrogen and oxygen atoms in total. The quantitative estimate of drug-likeness (QED) is 0.194. The Hall–Kier alpha value is -4.51. The number of rotatable bonds is 4. The first-order valence-corrected chi connectivity index (χ1v) is 15.4. The maximum absolute atomic E-state index is 2.35. The summed E-state index contributed by atoms with van der Waals surface area (Å²) < 4.78 is 0. The van der Waals surface area contributed by atoms with Gasteiger partial charge in [-0.1, -0.05) is 163 Å². The maximum Gasteiger partial charge on any atom is -0.0134 e. The van der Waals surface area contributed by atoms with Crippen LogP contribution in [0.4, 0.5) is 0 Å². The molecule has 0 amide bonds. The molecule has 0 aliphatic carbocycles. The van der Waals surface area contributed by atoms with Crippen LogP contribution in [0.2, 0.25) is 0 Å². The van der Waals surface area contributed by atoms with Crippen molar-refractivity contribution in [1.82, 2.24) is 0 Å². The largest absolute Gasteiger partial charge is 0.0622 e. The van der Waals surface area contributed by atoms with E-state index < -0.39 is 7.92 Å². The average molecular weight is 545 g/mol. The molecule has 0 fully saturated rings. The van der Waals surface area contributed by atoms with Crippen molar-refractivity contribution < 1.29 is 0 Å². The van der Waals surface area contributed by atoms with Gasteiger partial charge in [-0.15, -0.1) is 0 Å². The number of hydrogen-bond donors (Lipinski definition) is 0. The molecule has 0 spiro atoms. The Labute approximate surface area is 244 Å². The molecule has 0 bridgehead atoms. The fraction of sp³-hybridized carbons (Fsp3) is 0.0500. The van der Waals surface area contributed by atoms with Crippen molar-refractivity contribution >= 4 is 45.4 Å². The fourth-order valence-electron chi connectivity index (χ4n) is 5.43. The number of fused-ring (bicyclic) bond motifs is 2. The number of aryl methyl sites for hydroxylation is 2. The Morgan fingerprint density at radius 2 is 0.780 bits per heavy atom. The molecule has 0 aliphatic rings. The zero-order valence-electron chi connectivity index (χ0n) is 23.5. The number of hydrogen-bond acceptors (Lipinski definition) is 0. The molecule has 0 aliphatic heterocycles. The lowest BCUT2D eigenvalue weighted by molar-refractivity contribution is 1.38. The normalized spacial score (nSPS) is 10.9. The third-order valence-corrected chi connectivity index (χ3v) is 9.75. The third kappa shape index (κ3) is 6.30. The first-order chi connectivity index (χ1) is 20.1. The molecule has 0 saturated heterocycles. The SMILES string of the molecule is Cc1cc(C)cc(-c2ccc3ccccc3c2)c1.c1ccc(P(c2ccccc2)c2ccc3ccccc3c2)cc1. The Kier molecular flexibility index (Phi) is 8.04. The Morgan fingerprint density at radius 3 is 1.34 bits per heavy atom. The van der Waals surface area contributed by atoms with Crippen molar-refractivity contribution in [3.63, 3.8) is 0 Å². The molecular weight excluding hydrogens is 511 g/mol. The van der Waals surface area contributed by atoms with E-state index in [0.717, 1.165) is 0 Å². The van der Waals surface area contributed by atoms with Crippen molar-refractivity contribution in [3.05, 3.63) is 175 Å². The van der Waals surface area contributed by atoms with Crippen LogP contribution in [0.5, 0.6) is 0 Å². The van der Waals surface area contributed by atoms with Crippen LogP contribution in [-0.4, -0.2) is 0 Å². The molecule has 1 heteroatoms. The fourth-order valence-corrected chi connectivity index (χ4v) is 7.75. The van der Waals surface area contributed by atoms with Crippen LogP contribution in [0.25, 0.3) is 32.7 Å². The summed E-state index contributed by atoms with van der Waals surface area (Å²) in [6, 6.07) is 59.0. The topological polar surface area (TPSA) is 0 Å². The van der Waals surface area contributed by atoms with Gasteiger partial charge < -0.3 is 0 Å². The summed E-state index contributed by atoms with van der Waals surface area (Å²) in [5.74, 6) is 0. The smallest absolute Gasteiger partial charge is 0.0134 e. The van der Waals surface area contributed by atoms with Crippen LogP contribution in [-0.2, 0) is 0 Å². The molecule has 0 unspecified atom stereocenters. The minimum Gasteiger partial charge on any atom is -0.0622 e. The summed E-state index contributed by atoms with van der Waals surface area (Å²) in [5.41, 5.74) is 5.23. The molecule has 0 aromatic heterocycles. The van der Waals surface area contributed by atoms with E-state index in [9.17, 15) is 0 Å². The van der Waals surface area contributed by atoms with Crippen molar-refractivity contribution in [2.45, 2.75) is 13.8 Å². The van der Waals surface area contributed by atoms with E-state index in [1.807, 2.05) is 0 Å². The summed E-state index contributed by atoms with van der Waals surface area (Å²) >= 11 is 0. The average Bonchev–Trinajstić information content (AvgIpc) is 3.02. The monoisotopic (exact) mass is 544 g/mol. The van der Waals surface area contributed by atoms with E-state index in [2.05, 4.69) is 178 Å². The van der Waals surface area contributed by atoms with Crippen molar-refractivity contribution in [1.29, 1.82) is 0 Å². The van der Waals surface area contributed by atoms with Crippen LogP contribution in [0.3, 0.4) is 0 Å². The molecule has 7 rings (SSSR count). The second-order valence-electron chi connectivity index (χ2n) is 10.5. The van der Waals surface area contributed by atoms with E-state index in [4.69, 9.17) is 0 Å². The first kappa shape index (κ1) is 26.7. The van der Waals surface area contributed by atoms with Gasteiger partial charge in [0.1, 0.15) is 0 Å². The lowest BCUT2D eigenvalue weighted by Crippen LogP contribution is -2.20. The molecule has 0 heterocycles. The standard InChI is InChI=1S/C22H17P.C18H16/c1-3-11-20(12-4-1)23(21-13-5-2-6-14-21)22-16-15-18-9-7-8-10-19(18)17-22;1-13-9-14(2)11-18(10-13)17-8-7-15-5-3-4-6-16(15)12-17/h1-17H;3-12H,1-2H3. The summed E-state index contributed by atoms with van der Waals surface area (Å²) in [7, 11) is -0.519. The lowest BCUT2D eigenvalue weighted by atomic mass is 9.98. The second kappa shape index (κ2) is 12.3. The molecule has 7 aromatic carbocycles. The zero-order valence-corrected chi connectivity index (χ0v) is 24.4. The van der Waals surface area contributed by atoms with Crippen LogP contribution in [0, 0.1) is 13.8 Å². The van der Waals surface area contributed by atoms with Gasteiger partial charge in [0.25, 0.3) is 0 Å². The zero-order chi connectivity index (χ0) is 28.0. The van der Waals surface area contributed by atoms with Crippen LogP contribution < -0.4 is 15.9 Å². The molecule has 41 heavy (non-hydrogen) atoms. The third-order valence-electron chi connectivity index (χ3n) is 7.32. The van der Waals surface area contributed by atoms with Crippen LogP contribution >= 0.6 is 7.92 Å². The predicted molar refractivity (Wildman–Crippen MR) is 182 cm³/mol. The molecule has 0 saturated carbocycles. The van der Waals surface area contributed by atoms with Crippen molar-refractivity contribution in [2.75, 3.05) is 0 Å². The Bertz CT molecular complexity index is 1850. The Morgan fingerprint density at radius 1 is 0.317 bits per heavy atom. The molecule has 198 valence electrons. The van der Waals surface area contributed by atoms with Crippen LogP contribution in [0.15, 0.2) is 164 Å². The van der Waals surface area contributed by atoms with Gasteiger partial charge in [0.2, 0.25) is 0 Å². The van der Waals surface area contributed by atoms with E-state index in [1.165, 1.54) is 59.7 Å². The minimum absolute atomic E-state index is 0.519. The van der Waals surface area contributed by atoms with Crippen molar-refractivity contribution in [3.8, 4) is 11.1 Å². The van der Waals surface area contributed by atoms with Crippen molar-refractivity contribution in [2.24, 2.45) is 0 Å². The van der Waals surface area contributed by atoms with Gasteiger partial charge >= 0.3 is 0 Å². The van der Waals surface area contributed by atoms with Crippen LogP contribution in [0.1, 0.15) is 11.1 Å². The van der Waals surface area contributed by atoms with Gasteiger partial charge in [0.05, 0.1) is 0 Å². The maximum atomic E-state index is 2.35. The summed E-state index contributed by atoms with van der Waals surface area (Å²) in [4.78, 5) is 0. The second-order valence-corrected chi connectivity index (χ2v) is 12.7. The highest BCUT2D eigenvalue weighted by Crippen LogP contribution is 2.33. The highest BCUT2D eigenvalue weighted by Gasteiger charge is 2.16. The van der Waals surface area contributed by atoms with E-state index in [0.29, 0.717) is 0 Å². The highest BCUT2D eigenvalue weighted by molar-refractivity contribution is 7.79. The van der Waals surface area contributed by atoms with Gasteiger partial charge in [0.15, 0.2) is 0 Å². The molecule has 0 atom stereocenters. The first-order valence-electron chi connectivity index (χ1n) is 14.1. The number of benzene rings is 7. The molecular formula is C40H33P. The summed E-state index contributed by atoms with van der Waals surface area (Å²) in [6.45, 7) is 4.30. The minimum atomic E-state index is -0.519. The van der Waals surface area contributed by atoms with E-state index in [1.54, 1.807) is 0 Å². The highest BCUT2D eigenvalue weighted by atomic mass is 31.1.